The van der Waals surface area contributed by atoms with E-state index in [1.165, 1.54) is 69.6 Å². The van der Waals surface area contributed by atoms with Gasteiger partial charge in [0.1, 0.15) is 5.52 Å². The van der Waals surface area contributed by atoms with Crippen LogP contribution in [-0.2, 0) is 0 Å². The molecule has 0 fully saturated rings. The number of para-hydroxylation sites is 1. The fourth-order valence-electron chi connectivity index (χ4n) is 7.88. The summed E-state index contributed by atoms with van der Waals surface area (Å²) < 4.78 is 11.5. The van der Waals surface area contributed by atoms with Crippen LogP contribution in [0.15, 0.2) is 174 Å². The SMILES string of the molecule is c1ccc(-c2ccc3c(c2)sc2ccc4nc(-c5ccc(-n6c7ccccc7c7cc(-c8ccccc8)c8ccccc8c76)cc5)oc4c23)cc1. The molecule has 51 heavy (non-hydrogen) atoms. The molecule has 11 aromatic rings. The minimum atomic E-state index is 0.629. The van der Waals surface area contributed by atoms with Crippen LogP contribution in [0.4, 0.5) is 0 Å². The van der Waals surface area contributed by atoms with E-state index in [9.17, 15) is 0 Å². The van der Waals surface area contributed by atoms with Crippen LogP contribution in [0.25, 0.3) is 103 Å². The van der Waals surface area contributed by atoms with Crippen LogP contribution in [0.2, 0.25) is 0 Å². The van der Waals surface area contributed by atoms with E-state index in [-0.39, 0.29) is 0 Å². The summed E-state index contributed by atoms with van der Waals surface area (Å²) in [5.74, 6) is 0.629. The van der Waals surface area contributed by atoms with Gasteiger partial charge >= 0.3 is 0 Å². The second-order valence-electron chi connectivity index (χ2n) is 13.1. The van der Waals surface area contributed by atoms with Crippen molar-refractivity contribution < 1.29 is 4.42 Å². The second-order valence-corrected chi connectivity index (χ2v) is 14.2. The molecule has 3 nitrogen and oxygen atoms in total. The molecular weight excluding hydrogens is 641 g/mol. The summed E-state index contributed by atoms with van der Waals surface area (Å²) >= 11 is 1.80. The van der Waals surface area contributed by atoms with Crippen LogP contribution in [0.5, 0.6) is 0 Å². The molecule has 0 bridgehead atoms. The van der Waals surface area contributed by atoms with Gasteiger partial charge in [0.05, 0.1) is 11.0 Å². The van der Waals surface area contributed by atoms with E-state index >= 15 is 0 Å². The van der Waals surface area contributed by atoms with Crippen molar-refractivity contribution in [3.63, 3.8) is 0 Å². The van der Waals surface area contributed by atoms with Crippen LogP contribution in [-0.4, -0.2) is 9.55 Å². The van der Waals surface area contributed by atoms with E-state index in [2.05, 4.69) is 174 Å². The summed E-state index contributed by atoms with van der Waals surface area (Å²) in [5.41, 5.74) is 11.1. The molecule has 0 N–H and O–H groups in total. The lowest BCUT2D eigenvalue weighted by atomic mass is 9.95. The predicted octanol–water partition coefficient (Wildman–Crippen LogP) is 13.4. The summed E-state index contributed by atoms with van der Waals surface area (Å²) in [7, 11) is 0. The van der Waals surface area contributed by atoms with E-state index in [1.807, 2.05) is 0 Å². The molecule has 0 spiro atoms. The van der Waals surface area contributed by atoms with Crippen LogP contribution < -0.4 is 0 Å². The number of rotatable bonds is 4. The van der Waals surface area contributed by atoms with Crippen molar-refractivity contribution in [3.05, 3.63) is 170 Å². The van der Waals surface area contributed by atoms with E-state index in [0.29, 0.717) is 5.89 Å². The summed E-state index contributed by atoms with van der Waals surface area (Å²) in [5, 5.41) is 7.29. The molecule has 8 aromatic carbocycles. The normalized spacial score (nSPS) is 11.9. The number of oxazole rings is 1. The topological polar surface area (TPSA) is 31.0 Å². The molecule has 0 aliphatic heterocycles. The summed E-state index contributed by atoms with van der Waals surface area (Å²) in [4.78, 5) is 4.99. The lowest BCUT2D eigenvalue weighted by molar-refractivity contribution is 0.623. The van der Waals surface area contributed by atoms with Crippen molar-refractivity contribution in [1.29, 1.82) is 0 Å². The standard InChI is InChI=1S/C47H28N2OS/c1-3-11-29(12-4-1)32-21-24-37-43(27-32)51-42-26-25-40-46(44(37)42)50-47(48-40)31-19-22-33(23-20-31)49-41-18-10-9-16-35(41)39-28-38(30-13-5-2-6-14-30)34-15-7-8-17-36(34)45(39)49/h1-28H. The van der Waals surface area contributed by atoms with Gasteiger partial charge in [-0.2, -0.15) is 0 Å². The number of aromatic nitrogens is 2. The average molecular weight is 669 g/mol. The Hall–Kier alpha value is -6.49. The van der Waals surface area contributed by atoms with Crippen molar-refractivity contribution in [2.75, 3.05) is 0 Å². The molecule has 4 heteroatoms. The zero-order valence-corrected chi connectivity index (χ0v) is 28.2. The molecule has 0 atom stereocenters. The molecule has 0 unspecified atom stereocenters. The highest BCUT2D eigenvalue weighted by molar-refractivity contribution is 7.26. The van der Waals surface area contributed by atoms with E-state index < -0.39 is 0 Å². The number of benzene rings is 8. The van der Waals surface area contributed by atoms with Gasteiger partial charge in [-0.3, -0.25) is 0 Å². The molecule has 11 rings (SSSR count). The summed E-state index contributed by atoms with van der Waals surface area (Å²) in [6, 6.07) is 60.8. The van der Waals surface area contributed by atoms with E-state index in [4.69, 9.17) is 9.40 Å². The number of hydrogen-bond donors (Lipinski definition) is 0. The molecule has 238 valence electrons. The Morgan fingerprint density at radius 2 is 1.16 bits per heavy atom. The van der Waals surface area contributed by atoms with Crippen molar-refractivity contribution in [2.45, 2.75) is 0 Å². The fraction of sp³-hybridized carbons (Fsp3) is 0. The zero-order valence-electron chi connectivity index (χ0n) is 27.4. The number of nitrogens with zero attached hydrogens (tertiary/aromatic N) is 2. The first-order chi connectivity index (χ1) is 25.3. The molecular formula is C47H28N2OS. The third-order valence-corrected chi connectivity index (χ3v) is 11.3. The zero-order chi connectivity index (χ0) is 33.5. The quantitative estimate of drug-likeness (QED) is 0.187. The van der Waals surface area contributed by atoms with Gasteiger partial charge in [0.2, 0.25) is 5.89 Å². The number of thiophene rings is 1. The Morgan fingerprint density at radius 1 is 0.471 bits per heavy atom. The number of fused-ring (bicyclic) bond motifs is 10. The molecule has 3 heterocycles. The second kappa shape index (κ2) is 11.0. The van der Waals surface area contributed by atoms with Gasteiger partial charge in [-0.25, -0.2) is 4.98 Å². The van der Waals surface area contributed by atoms with Gasteiger partial charge in [0, 0.05) is 47.6 Å². The van der Waals surface area contributed by atoms with Crippen molar-refractivity contribution in [2.24, 2.45) is 0 Å². The van der Waals surface area contributed by atoms with Crippen molar-refractivity contribution in [1.82, 2.24) is 9.55 Å². The Kier molecular flexibility index (Phi) is 6.12. The van der Waals surface area contributed by atoms with Crippen LogP contribution >= 0.6 is 11.3 Å². The monoisotopic (exact) mass is 668 g/mol. The van der Waals surface area contributed by atoms with E-state index in [0.717, 1.165) is 27.7 Å². The first-order valence-electron chi connectivity index (χ1n) is 17.2. The molecule has 0 radical (unpaired) electrons. The summed E-state index contributed by atoms with van der Waals surface area (Å²) in [6.45, 7) is 0. The third-order valence-electron chi connectivity index (χ3n) is 10.2. The molecule has 0 saturated heterocycles. The molecule has 0 aliphatic carbocycles. The lowest BCUT2D eigenvalue weighted by Crippen LogP contribution is -1.95. The first-order valence-corrected chi connectivity index (χ1v) is 18.0. The third kappa shape index (κ3) is 4.33. The molecule has 0 saturated carbocycles. The molecule has 3 aromatic heterocycles. The fourth-order valence-corrected chi connectivity index (χ4v) is 9.02. The highest BCUT2D eigenvalue weighted by Gasteiger charge is 2.19. The van der Waals surface area contributed by atoms with E-state index in [1.54, 1.807) is 11.3 Å². The maximum Gasteiger partial charge on any atom is 0.227 e. The molecule has 0 aliphatic rings. The number of hydrogen-bond acceptors (Lipinski definition) is 3. The Morgan fingerprint density at radius 3 is 1.96 bits per heavy atom. The summed E-state index contributed by atoms with van der Waals surface area (Å²) in [6.07, 6.45) is 0. The Labute approximate surface area is 297 Å². The Bertz CT molecular complexity index is 3110. The first kappa shape index (κ1) is 28.4. The largest absolute Gasteiger partial charge is 0.435 e. The molecule has 0 amide bonds. The minimum absolute atomic E-state index is 0.629. The smallest absolute Gasteiger partial charge is 0.227 e. The van der Waals surface area contributed by atoms with Gasteiger partial charge < -0.3 is 8.98 Å². The predicted molar refractivity (Wildman–Crippen MR) is 215 cm³/mol. The highest BCUT2D eigenvalue weighted by Crippen LogP contribution is 2.43. The minimum Gasteiger partial charge on any atom is -0.435 e. The van der Waals surface area contributed by atoms with Crippen molar-refractivity contribution in [3.8, 4) is 39.4 Å². The van der Waals surface area contributed by atoms with Crippen LogP contribution in [0.1, 0.15) is 0 Å². The van der Waals surface area contributed by atoms with Crippen LogP contribution in [0, 0.1) is 0 Å². The van der Waals surface area contributed by atoms with Gasteiger partial charge in [-0.15, -0.1) is 11.3 Å². The Balaban J connectivity index is 1.05. The highest BCUT2D eigenvalue weighted by atomic mass is 32.1. The van der Waals surface area contributed by atoms with Gasteiger partial charge in [-0.05, 0) is 82.2 Å². The van der Waals surface area contributed by atoms with Crippen molar-refractivity contribution >= 4 is 75.2 Å². The lowest BCUT2D eigenvalue weighted by Gasteiger charge is -2.13. The average Bonchev–Trinajstić information content (AvgIpc) is 3.90. The van der Waals surface area contributed by atoms with Gasteiger partial charge in [0.15, 0.2) is 5.58 Å². The van der Waals surface area contributed by atoms with Gasteiger partial charge in [-0.1, -0.05) is 115 Å². The van der Waals surface area contributed by atoms with Gasteiger partial charge in [0.25, 0.3) is 0 Å². The van der Waals surface area contributed by atoms with Crippen LogP contribution in [0.3, 0.4) is 0 Å². The maximum atomic E-state index is 6.62. The maximum absolute atomic E-state index is 6.62.